The average Bonchev–Trinajstić information content (AvgIpc) is 3.13. The number of benzene rings is 3. The molecule has 144 valence electrons. The number of aliphatic imine (C=N–C) groups is 1. The standard InChI is InChI=1S/C24H21N3O2/c1-16-8-12-19(13-9-16)25-22(26-20-14-10-17(2)11-15-20)21-24(28)29-23(27-21)18-6-4-3-5-7-18/h3-15,28H,1-2H3,(H,25,26). The smallest absolute Gasteiger partial charge is 0.314 e. The number of anilines is 1. The third kappa shape index (κ3) is 4.35. The highest BCUT2D eigenvalue weighted by atomic mass is 16.5. The summed E-state index contributed by atoms with van der Waals surface area (Å²) < 4.78 is 5.52. The molecule has 4 rings (SSSR count). The predicted molar refractivity (Wildman–Crippen MR) is 116 cm³/mol. The van der Waals surface area contributed by atoms with Gasteiger partial charge in [-0.1, -0.05) is 53.6 Å². The van der Waals surface area contributed by atoms with Crippen molar-refractivity contribution in [2.24, 2.45) is 4.99 Å². The zero-order valence-electron chi connectivity index (χ0n) is 16.3. The van der Waals surface area contributed by atoms with Crippen molar-refractivity contribution in [3.8, 4) is 17.4 Å². The number of amidine groups is 1. The molecule has 4 aromatic rings. The molecule has 0 aliphatic carbocycles. The first-order valence-corrected chi connectivity index (χ1v) is 9.33. The van der Waals surface area contributed by atoms with Crippen LogP contribution in [0, 0.1) is 13.8 Å². The first kappa shape index (κ1) is 18.5. The summed E-state index contributed by atoms with van der Waals surface area (Å²) in [6.07, 6.45) is 0. The lowest BCUT2D eigenvalue weighted by molar-refractivity contribution is 0.336. The number of rotatable bonds is 4. The maximum atomic E-state index is 10.5. The number of nitrogens with one attached hydrogen (secondary N) is 1. The number of hydrogen-bond donors (Lipinski definition) is 2. The van der Waals surface area contributed by atoms with Gasteiger partial charge in [-0.3, -0.25) is 0 Å². The van der Waals surface area contributed by atoms with Crippen molar-refractivity contribution in [1.29, 1.82) is 0 Å². The van der Waals surface area contributed by atoms with Crippen molar-refractivity contribution in [2.45, 2.75) is 13.8 Å². The van der Waals surface area contributed by atoms with Crippen molar-refractivity contribution in [3.63, 3.8) is 0 Å². The van der Waals surface area contributed by atoms with Gasteiger partial charge in [-0.05, 0) is 50.2 Å². The van der Waals surface area contributed by atoms with E-state index in [1.807, 2.05) is 92.7 Å². The SMILES string of the molecule is Cc1ccc(N=C(Nc2ccc(C)cc2)c2nc(-c3ccccc3)oc2O)cc1. The predicted octanol–water partition coefficient (Wildman–Crippen LogP) is 5.85. The van der Waals surface area contributed by atoms with E-state index in [4.69, 9.17) is 4.42 Å². The lowest BCUT2D eigenvalue weighted by Gasteiger charge is -2.09. The van der Waals surface area contributed by atoms with Crippen LogP contribution in [0.3, 0.4) is 0 Å². The fraction of sp³-hybridized carbons (Fsp3) is 0.0833. The molecule has 5 heteroatoms. The highest BCUT2D eigenvalue weighted by Crippen LogP contribution is 2.28. The Hall–Kier alpha value is -3.86. The minimum Gasteiger partial charge on any atom is -0.479 e. The molecule has 0 saturated carbocycles. The van der Waals surface area contributed by atoms with Crippen LogP contribution in [0.4, 0.5) is 11.4 Å². The van der Waals surface area contributed by atoms with Crippen LogP contribution in [-0.2, 0) is 0 Å². The Morgan fingerprint density at radius 3 is 2.14 bits per heavy atom. The molecule has 29 heavy (non-hydrogen) atoms. The van der Waals surface area contributed by atoms with Gasteiger partial charge in [-0.15, -0.1) is 0 Å². The van der Waals surface area contributed by atoms with E-state index in [-0.39, 0.29) is 11.6 Å². The van der Waals surface area contributed by atoms with E-state index in [0.717, 1.165) is 28.1 Å². The van der Waals surface area contributed by atoms with Crippen molar-refractivity contribution in [3.05, 3.63) is 95.7 Å². The number of aromatic hydroxyl groups is 1. The average molecular weight is 383 g/mol. The van der Waals surface area contributed by atoms with Gasteiger partial charge in [0.05, 0.1) is 5.69 Å². The van der Waals surface area contributed by atoms with E-state index in [1.54, 1.807) is 0 Å². The number of nitrogens with zero attached hydrogens (tertiary/aromatic N) is 2. The van der Waals surface area contributed by atoms with E-state index >= 15 is 0 Å². The second kappa shape index (κ2) is 8.02. The Bertz CT molecular complexity index is 1130. The summed E-state index contributed by atoms with van der Waals surface area (Å²) in [5, 5.41) is 13.7. The quantitative estimate of drug-likeness (QED) is 0.342. The van der Waals surface area contributed by atoms with Gasteiger partial charge >= 0.3 is 5.95 Å². The maximum Gasteiger partial charge on any atom is 0.314 e. The van der Waals surface area contributed by atoms with E-state index in [2.05, 4.69) is 15.3 Å². The van der Waals surface area contributed by atoms with Crippen LogP contribution < -0.4 is 5.32 Å². The second-order valence-corrected chi connectivity index (χ2v) is 6.83. The summed E-state index contributed by atoms with van der Waals surface area (Å²) in [5.74, 6) is 0.455. The highest BCUT2D eigenvalue weighted by Gasteiger charge is 2.19. The van der Waals surface area contributed by atoms with Crippen LogP contribution in [-0.4, -0.2) is 15.9 Å². The van der Waals surface area contributed by atoms with Gasteiger partial charge < -0.3 is 14.8 Å². The molecule has 0 saturated heterocycles. The third-order valence-corrected chi connectivity index (χ3v) is 4.44. The lowest BCUT2D eigenvalue weighted by atomic mass is 10.2. The molecular formula is C24H21N3O2. The van der Waals surface area contributed by atoms with Crippen molar-refractivity contribution in [1.82, 2.24) is 4.98 Å². The number of aryl methyl sites for hydroxylation is 2. The maximum absolute atomic E-state index is 10.5. The molecule has 3 aromatic carbocycles. The Balaban J connectivity index is 1.76. The number of oxazole rings is 1. The van der Waals surface area contributed by atoms with Crippen LogP contribution >= 0.6 is 0 Å². The first-order chi connectivity index (χ1) is 14.1. The van der Waals surface area contributed by atoms with Crippen LogP contribution in [0.15, 0.2) is 88.3 Å². The monoisotopic (exact) mass is 383 g/mol. The van der Waals surface area contributed by atoms with Gasteiger partial charge in [-0.2, -0.15) is 0 Å². The zero-order valence-corrected chi connectivity index (χ0v) is 16.3. The Labute approximate surface area is 169 Å². The van der Waals surface area contributed by atoms with Crippen molar-refractivity contribution in [2.75, 3.05) is 5.32 Å². The molecule has 0 amide bonds. The third-order valence-electron chi connectivity index (χ3n) is 4.44. The van der Waals surface area contributed by atoms with Crippen molar-refractivity contribution >= 4 is 17.2 Å². The summed E-state index contributed by atoms with van der Waals surface area (Å²) in [5.41, 5.74) is 4.92. The molecule has 0 aliphatic heterocycles. The Morgan fingerprint density at radius 1 is 0.862 bits per heavy atom. The Morgan fingerprint density at radius 2 is 1.48 bits per heavy atom. The molecule has 0 aliphatic rings. The molecule has 0 unspecified atom stereocenters. The molecule has 0 atom stereocenters. The summed E-state index contributed by atoms with van der Waals surface area (Å²) in [4.78, 5) is 9.18. The first-order valence-electron chi connectivity index (χ1n) is 9.33. The number of hydrogen-bond acceptors (Lipinski definition) is 4. The molecule has 5 nitrogen and oxygen atoms in total. The van der Waals surface area contributed by atoms with Crippen molar-refractivity contribution < 1.29 is 9.52 Å². The van der Waals surface area contributed by atoms with E-state index in [0.29, 0.717) is 11.7 Å². The molecule has 1 heterocycles. The van der Waals surface area contributed by atoms with Gasteiger partial charge in [0, 0.05) is 11.3 Å². The molecule has 0 fully saturated rings. The summed E-state index contributed by atoms with van der Waals surface area (Å²) in [6, 6.07) is 25.2. The summed E-state index contributed by atoms with van der Waals surface area (Å²) in [6.45, 7) is 4.05. The fourth-order valence-corrected chi connectivity index (χ4v) is 2.83. The van der Waals surface area contributed by atoms with Crippen LogP contribution in [0.25, 0.3) is 11.5 Å². The minimum atomic E-state index is -0.283. The molecular weight excluding hydrogens is 362 g/mol. The topological polar surface area (TPSA) is 70.7 Å². The number of aromatic nitrogens is 1. The summed E-state index contributed by atoms with van der Waals surface area (Å²) in [7, 11) is 0. The van der Waals surface area contributed by atoms with Gasteiger partial charge in [0.1, 0.15) is 0 Å². The lowest BCUT2D eigenvalue weighted by Crippen LogP contribution is -2.14. The largest absolute Gasteiger partial charge is 0.479 e. The van der Waals surface area contributed by atoms with E-state index in [1.165, 1.54) is 0 Å². The minimum absolute atomic E-state index is 0.255. The Kier molecular flexibility index (Phi) is 5.12. The molecule has 0 radical (unpaired) electrons. The van der Waals surface area contributed by atoms with Crippen LogP contribution in [0.2, 0.25) is 0 Å². The molecule has 1 aromatic heterocycles. The molecule has 0 spiro atoms. The fourth-order valence-electron chi connectivity index (χ4n) is 2.83. The normalized spacial score (nSPS) is 11.4. The van der Waals surface area contributed by atoms with E-state index < -0.39 is 0 Å². The van der Waals surface area contributed by atoms with Gasteiger partial charge in [0.25, 0.3) is 0 Å². The zero-order chi connectivity index (χ0) is 20.2. The summed E-state index contributed by atoms with van der Waals surface area (Å²) >= 11 is 0. The highest BCUT2D eigenvalue weighted by molar-refractivity contribution is 6.09. The van der Waals surface area contributed by atoms with E-state index in [9.17, 15) is 5.11 Å². The molecule has 2 N–H and O–H groups in total. The van der Waals surface area contributed by atoms with Gasteiger partial charge in [0.2, 0.25) is 5.89 Å². The van der Waals surface area contributed by atoms with Crippen LogP contribution in [0.5, 0.6) is 5.95 Å². The second-order valence-electron chi connectivity index (χ2n) is 6.83. The molecule has 0 bridgehead atoms. The van der Waals surface area contributed by atoms with Gasteiger partial charge in [0.15, 0.2) is 11.5 Å². The van der Waals surface area contributed by atoms with Gasteiger partial charge in [-0.25, -0.2) is 9.98 Å². The van der Waals surface area contributed by atoms with Crippen LogP contribution in [0.1, 0.15) is 16.8 Å².